The van der Waals surface area contributed by atoms with Gasteiger partial charge < -0.3 is 9.47 Å². The van der Waals surface area contributed by atoms with E-state index in [2.05, 4.69) is 0 Å². The molecule has 0 aromatic heterocycles. The van der Waals surface area contributed by atoms with E-state index in [9.17, 15) is 19.2 Å². The molecule has 128 valence electrons. The van der Waals surface area contributed by atoms with Crippen LogP contribution in [-0.2, 0) is 28.7 Å². The zero-order valence-electron chi connectivity index (χ0n) is 13.9. The highest BCUT2D eigenvalue weighted by Crippen LogP contribution is 2.40. The van der Waals surface area contributed by atoms with Crippen molar-refractivity contribution < 1.29 is 28.7 Å². The van der Waals surface area contributed by atoms with Crippen LogP contribution in [0.25, 0.3) is 0 Å². The highest BCUT2D eigenvalue weighted by Gasteiger charge is 2.53. The molecule has 0 radical (unpaired) electrons. The van der Waals surface area contributed by atoms with Gasteiger partial charge in [-0.15, -0.1) is 0 Å². The predicted octanol–water partition coefficient (Wildman–Crippen LogP) is 1.49. The maximum atomic E-state index is 12.6. The Kier molecular flexibility index (Phi) is 5.34. The molecule has 0 bridgehead atoms. The van der Waals surface area contributed by atoms with Gasteiger partial charge in [0.2, 0.25) is 0 Å². The molecule has 2 aliphatic rings. The molecular formula is C17H24O6. The maximum Gasteiger partial charge on any atom is 0.316 e. The minimum Gasteiger partial charge on any atom is -0.468 e. The summed E-state index contributed by atoms with van der Waals surface area (Å²) in [6.45, 7) is 4.05. The number of esters is 1. The fourth-order valence-corrected chi connectivity index (χ4v) is 3.57. The Morgan fingerprint density at radius 3 is 2.57 bits per heavy atom. The molecule has 2 rings (SSSR count). The van der Waals surface area contributed by atoms with Gasteiger partial charge in [-0.05, 0) is 24.7 Å². The van der Waals surface area contributed by atoms with Crippen molar-refractivity contribution in [2.75, 3.05) is 13.7 Å². The average molecular weight is 324 g/mol. The molecule has 3 atom stereocenters. The lowest BCUT2D eigenvalue weighted by Gasteiger charge is -2.37. The topological polar surface area (TPSA) is 86.7 Å². The van der Waals surface area contributed by atoms with Crippen LogP contribution in [0.15, 0.2) is 0 Å². The normalized spacial score (nSPS) is 30.3. The Balaban J connectivity index is 2.10. The summed E-state index contributed by atoms with van der Waals surface area (Å²) in [7, 11) is 1.20. The van der Waals surface area contributed by atoms with Gasteiger partial charge in [-0.2, -0.15) is 0 Å². The molecule has 1 heterocycles. The summed E-state index contributed by atoms with van der Waals surface area (Å²) in [5.74, 6) is -4.48. The van der Waals surface area contributed by atoms with E-state index >= 15 is 0 Å². The highest BCUT2D eigenvalue weighted by molar-refractivity contribution is 6.25. The van der Waals surface area contributed by atoms with Gasteiger partial charge >= 0.3 is 5.97 Å². The fourth-order valence-electron chi connectivity index (χ4n) is 3.57. The number of Topliss-reactive ketones (excluding diaryl/α,β-unsaturated/α-hetero) is 3. The van der Waals surface area contributed by atoms with Crippen molar-refractivity contribution in [1.82, 2.24) is 0 Å². The van der Waals surface area contributed by atoms with Crippen molar-refractivity contribution >= 4 is 23.3 Å². The lowest BCUT2D eigenvalue weighted by Crippen LogP contribution is -2.52. The molecule has 23 heavy (non-hydrogen) atoms. The zero-order chi connectivity index (χ0) is 17.2. The largest absolute Gasteiger partial charge is 0.468 e. The Morgan fingerprint density at radius 1 is 1.30 bits per heavy atom. The van der Waals surface area contributed by atoms with Crippen molar-refractivity contribution in [3.8, 4) is 0 Å². The first kappa shape index (κ1) is 17.8. The van der Waals surface area contributed by atoms with Crippen molar-refractivity contribution in [3.05, 3.63) is 0 Å². The first-order valence-corrected chi connectivity index (χ1v) is 8.06. The van der Waals surface area contributed by atoms with Gasteiger partial charge in [0.25, 0.3) is 0 Å². The second-order valence-corrected chi connectivity index (χ2v) is 7.06. The minimum atomic E-state index is -1.33. The number of ketones is 3. The number of hydrogen-bond donors (Lipinski definition) is 0. The zero-order valence-corrected chi connectivity index (χ0v) is 13.9. The summed E-state index contributed by atoms with van der Waals surface area (Å²) in [6.07, 6.45) is 2.56. The quantitative estimate of drug-likeness (QED) is 0.562. The van der Waals surface area contributed by atoms with Crippen LogP contribution in [0.1, 0.15) is 46.0 Å². The molecule has 2 fully saturated rings. The van der Waals surface area contributed by atoms with E-state index in [4.69, 9.17) is 9.47 Å². The van der Waals surface area contributed by atoms with Crippen LogP contribution in [0.2, 0.25) is 0 Å². The third-order valence-corrected chi connectivity index (χ3v) is 4.80. The summed E-state index contributed by atoms with van der Waals surface area (Å²) >= 11 is 0. The molecule has 0 aromatic rings. The van der Waals surface area contributed by atoms with E-state index in [1.807, 2.05) is 0 Å². The van der Waals surface area contributed by atoms with Crippen molar-refractivity contribution in [3.63, 3.8) is 0 Å². The van der Waals surface area contributed by atoms with Gasteiger partial charge in [0.15, 0.2) is 17.3 Å². The van der Waals surface area contributed by atoms with E-state index in [1.54, 1.807) is 13.8 Å². The molecule has 6 heteroatoms. The fraction of sp³-hybridized carbons (Fsp3) is 0.765. The van der Waals surface area contributed by atoms with Crippen molar-refractivity contribution in [2.45, 2.75) is 52.1 Å². The summed E-state index contributed by atoms with van der Waals surface area (Å²) < 4.78 is 10.2. The molecule has 1 aliphatic heterocycles. The first-order valence-electron chi connectivity index (χ1n) is 8.06. The average Bonchev–Trinajstić information content (AvgIpc) is 2.96. The van der Waals surface area contributed by atoms with Crippen molar-refractivity contribution in [2.24, 2.45) is 17.3 Å². The SMILES string of the molecule is COC(=O)[C@@H]1C(=O)[C@H](C(=O)CC[C@H]2CCCO2)C(=O)CC1(C)C. The first-order chi connectivity index (χ1) is 10.8. The lowest BCUT2D eigenvalue weighted by molar-refractivity contribution is -0.161. The molecule has 1 aliphatic carbocycles. The molecule has 1 saturated heterocycles. The molecule has 0 N–H and O–H groups in total. The van der Waals surface area contributed by atoms with Crippen LogP contribution in [-0.4, -0.2) is 43.1 Å². The van der Waals surface area contributed by atoms with Crippen LogP contribution >= 0.6 is 0 Å². The number of ether oxygens (including phenoxy) is 2. The predicted molar refractivity (Wildman–Crippen MR) is 80.6 cm³/mol. The summed E-state index contributed by atoms with van der Waals surface area (Å²) in [5.41, 5.74) is -0.827. The molecule has 0 spiro atoms. The van der Waals surface area contributed by atoms with Gasteiger partial charge in [-0.25, -0.2) is 0 Å². The number of carbonyl (C=O) groups excluding carboxylic acids is 4. The second kappa shape index (κ2) is 6.91. The molecule has 6 nitrogen and oxygen atoms in total. The van der Waals surface area contributed by atoms with Crippen LogP contribution in [0.4, 0.5) is 0 Å². The van der Waals surface area contributed by atoms with Crippen LogP contribution in [0, 0.1) is 17.3 Å². The summed E-state index contributed by atoms with van der Waals surface area (Å²) in [6, 6.07) is 0. The molecule has 0 aromatic carbocycles. The van der Waals surface area contributed by atoms with Crippen molar-refractivity contribution in [1.29, 1.82) is 0 Å². The second-order valence-electron chi connectivity index (χ2n) is 7.06. The number of methoxy groups -OCH3 is 1. The third-order valence-electron chi connectivity index (χ3n) is 4.80. The maximum absolute atomic E-state index is 12.6. The molecule has 0 unspecified atom stereocenters. The molecule has 1 saturated carbocycles. The summed E-state index contributed by atoms with van der Waals surface area (Å²) in [4.78, 5) is 49.2. The highest BCUT2D eigenvalue weighted by atomic mass is 16.5. The van der Waals surface area contributed by atoms with E-state index in [0.717, 1.165) is 12.8 Å². The number of rotatable bonds is 5. The Hall–Kier alpha value is -1.56. The van der Waals surface area contributed by atoms with E-state index in [0.29, 0.717) is 13.0 Å². The standard InChI is InChI=1S/C17H24O6/c1-17(2)9-12(19)13(15(20)14(17)16(21)22-3)11(18)7-6-10-5-4-8-23-10/h10,13-14H,4-9H2,1-3H3/t10-,13-,14+/m1/s1. The van der Waals surface area contributed by atoms with Gasteiger partial charge in [-0.3, -0.25) is 19.2 Å². The Bertz CT molecular complexity index is 515. The van der Waals surface area contributed by atoms with E-state index in [1.165, 1.54) is 7.11 Å². The summed E-state index contributed by atoms with van der Waals surface area (Å²) in [5, 5.41) is 0. The third kappa shape index (κ3) is 3.68. The molecule has 0 amide bonds. The van der Waals surface area contributed by atoms with Gasteiger partial charge in [0, 0.05) is 19.4 Å². The van der Waals surface area contributed by atoms with Crippen LogP contribution < -0.4 is 0 Å². The Morgan fingerprint density at radius 2 is 2.00 bits per heavy atom. The van der Waals surface area contributed by atoms with Gasteiger partial charge in [0.05, 0.1) is 13.2 Å². The Labute approximate surface area is 135 Å². The smallest absolute Gasteiger partial charge is 0.316 e. The lowest BCUT2D eigenvalue weighted by atomic mass is 9.63. The minimum absolute atomic E-state index is 0.0227. The monoisotopic (exact) mass is 324 g/mol. The van der Waals surface area contributed by atoms with Gasteiger partial charge in [0.1, 0.15) is 11.8 Å². The van der Waals surface area contributed by atoms with Gasteiger partial charge in [-0.1, -0.05) is 13.8 Å². The van der Waals surface area contributed by atoms with Crippen LogP contribution in [0.5, 0.6) is 0 Å². The van der Waals surface area contributed by atoms with E-state index in [-0.39, 0.29) is 18.9 Å². The number of carbonyl (C=O) groups is 4. The number of hydrogen-bond acceptors (Lipinski definition) is 6. The van der Waals surface area contributed by atoms with E-state index < -0.39 is 40.6 Å². The molecular weight excluding hydrogens is 300 g/mol. The van der Waals surface area contributed by atoms with Crippen LogP contribution in [0.3, 0.4) is 0 Å².